The van der Waals surface area contributed by atoms with Gasteiger partial charge >= 0.3 is 0 Å². The van der Waals surface area contributed by atoms with Crippen LogP contribution in [0, 0.1) is 0 Å². The van der Waals surface area contributed by atoms with E-state index < -0.39 is 0 Å². The van der Waals surface area contributed by atoms with Crippen molar-refractivity contribution in [2.45, 2.75) is 37.8 Å². The third-order valence-electron chi connectivity index (χ3n) is 2.66. The minimum atomic E-state index is 0.510. The van der Waals surface area contributed by atoms with Crippen LogP contribution < -0.4 is 0 Å². The van der Waals surface area contributed by atoms with Crippen molar-refractivity contribution < 1.29 is 4.74 Å². The maximum absolute atomic E-state index is 5.34. The normalized spacial score (nSPS) is 32.7. The van der Waals surface area contributed by atoms with Gasteiger partial charge in [0.2, 0.25) is 0 Å². The third kappa shape index (κ3) is 2.46. The molecule has 0 bridgehead atoms. The molecule has 1 aliphatic carbocycles. The summed E-state index contributed by atoms with van der Waals surface area (Å²) in [4.78, 5) is 2.31. The molecule has 11 heavy (non-hydrogen) atoms. The molecule has 0 aliphatic heterocycles. The van der Waals surface area contributed by atoms with E-state index in [0.29, 0.717) is 6.10 Å². The summed E-state index contributed by atoms with van der Waals surface area (Å²) in [5.74, 6) is 0. The first-order valence-electron chi connectivity index (χ1n) is 4.43. The Balaban J connectivity index is 2.33. The lowest BCUT2D eigenvalue weighted by atomic mass is 9.92. The maximum atomic E-state index is 5.34. The molecule has 2 nitrogen and oxygen atoms in total. The first kappa shape index (κ1) is 9.01. The van der Waals surface area contributed by atoms with Gasteiger partial charge in [-0.3, -0.25) is 0 Å². The van der Waals surface area contributed by atoms with Gasteiger partial charge in [-0.15, -0.1) is 0 Å². The zero-order valence-corrected chi connectivity index (χ0v) is 7.84. The van der Waals surface area contributed by atoms with Gasteiger partial charge in [0.25, 0.3) is 0 Å². The van der Waals surface area contributed by atoms with Crippen LogP contribution in [0.4, 0.5) is 0 Å². The predicted octanol–water partition coefficient (Wildman–Crippen LogP) is 1.51. The molecule has 0 N–H and O–H groups in total. The highest BCUT2D eigenvalue weighted by atomic mass is 16.5. The molecule has 0 spiro atoms. The average Bonchev–Trinajstić information content (AvgIpc) is 2.05. The second kappa shape index (κ2) is 4.07. The molecule has 1 saturated carbocycles. The van der Waals surface area contributed by atoms with Gasteiger partial charge in [-0.05, 0) is 39.8 Å². The Labute approximate surface area is 69.5 Å². The lowest BCUT2D eigenvalue weighted by Gasteiger charge is -2.32. The van der Waals surface area contributed by atoms with Gasteiger partial charge in [0.15, 0.2) is 0 Å². The van der Waals surface area contributed by atoms with Gasteiger partial charge in [0.05, 0.1) is 6.10 Å². The number of hydrogen-bond donors (Lipinski definition) is 0. The lowest BCUT2D eigenvalue weighted by molar-refractivity contribution is 0.0401. The quantitative estimate of drug-likeness (QED) is 0.602. The summed E-state index contributed by atoms with van der Waals surface area (Å²) in [6.45, 7) is 0. The Morgan fingerprint density at radius 2 is 2.00 bits per heavy atom. The van der Waals surface area contributed by atoms with Crippen LogP contribution in [-0.4, -0.2) is 38.3 Å². The molecule has 1 aliphatic rings. The molecular formula is C9H19NO. The molecule has 2 atom stereocenters. The number of hydrogen-bond acceptors (Lipinski definition) is 2. The maximum Gasteiger partial charge on any atom is 0.0586 e. The first-order valence-corrected chi connectivity index (χ1v) is 4.43. The number of rotatable bonds is 2. The SMILES string of the molecule is CO[C@@H]1CCC[C@H](N(C)C)C1. The monoisotopic (exact) mass is 157 g/mol. The van der Waals surface area contributed by atoms with Crippen LogP contribution in [-0.2, 0) is 4.74 Å². The van der Waals surface area contributed by atoms with E-state index in [2.05, 4.69) is 19.0 Å². The van der Waals surface area contributed by atoms with E-state index in [-0.39, 0.29) is 0 Å². The smallest absolute Gasteiger partial charge is 0.0586 e. The van der Waals surface area contributed by atoms with Crippen LogP contribution in [0.1, 0.15) is 25.7 Å². The Hall–Kier alpha value is -0.0800. The number of nitrogens with zero attached hydrogens (tertiary/aromatic N) is 1. The highest BCUT2D eigenvalue weighted by Gasteiger charge is 2.22. The van der Waals surface area contributed by atoms with Gasteiger partial charge in [0.1, 0.15) is 0 Å². The predicted molar refractivity (Wildman–Crippen MR) is 46.7 cm³/mol. The molecule has 66 valence electrons. The molecule has 0 aromatic rings. The fraction of sp³-hybridized carbons (Fsp3) is 1.00. The largest absolute Gasteiger partial charge is 0.381 e. The van der Waals surface area contributed by atoms with E-state index in [1.807, 2.05) is 7.11 Å². The Bertz CT molecular complexity index is 114. The molecular weight excluding hydrogens is 138 g/mol. The highest BCUT2D eigenvalue weighted by Crippen LogP contribution is 2.22. The van der Waals surface area contributed by atoms with E-state index in [4.69, 9.17) is 4.74 Å². The average molecular weight is 157 g/mol. The molecule has 0 radical (unpaired) electrons. The zero-order valence-electron chi connectivity index (χ0n) is 7.84. The van der Waals surface area contributed by atoms with Gasteiger partial charge < -0.3 is 9.64 Å². The summed E-state index contributed by atoms with van der Waals surface area (Å²) in [6, 6.07) is 0.744. The second-order valence-corrected chi connectivity index (χ2v) is 3.64. The van der Waals surface area contributed by atoms with Crippen molar-refractivity contribution in [3.63, 3.8) is 0 Å². The van der Waals surface area contributed by atoms with Crippen molar-refractivity contribution in [3.05, 3.63) is 0 Å². The molecule has 0 unspecified atom stereocenters. The van der Waals surface area contributed by atoms with Gasteiger partial charge in [-0.2, -0.15) is 0 Å². The highest BCUT2D eigenvalue weighted by molar-refractivity contribution is 4.77. The standard InChI is InChI=1S/C9H19NO/c1-10(2)8-5-4-6-9(7-8)11-3/h8-9H,4-7H2,1-3H3/t8-,9+/m0/s1. The van der Waals surface area contributed by atoms with Crippen molar-refractivity contribution >= 4 is 0 Å². The van der Waals surface area contributed by atoms with Crippen LogP contribution >= 0.6 is 0 Å². The Kier molecular flexibility index (Phi) is 3.34. The third-order valence-corrected chi connectivity index (χ3v) is 2.66. The van der Waals surface area contributed by atoms with Crippen molar-refractivity contribution in [2.24, 2.45) is 0 Å². The van der Waals surface area contributed by atoms with Crippen LogP contribution in [0.15, 0.2) is 0 Å². The molecule has 1 rings (SSSR count). The lowest BCUT2D eigenvalue weighted by Crippen LogP contribution is -2.35. The Morgan fingerprint density at radius 3 is 2.55 bits per heavy atom. The summed E-state index contributed by atoms with van der Waals surface area (Å²) in [6.07, 6.45) is 5.63. The van der Waals surface area contributed by atoms with Gasteiger partial charge in [-0.25, -0.2) is 0 Å². The van der Waals surface area contributed by atoms with Crippen molar-refractivity contribution in [3.8, 4) is 0 Å². The summed E-state index contributed by atoms with van der Waals surface area (Å²) >= 11 is 0. The summed E-state index contributed by atoms with van der Waals surface area (Å²) < 4.78 is 5.34. The minimum Gasteiger partial charge on any atom is -0.381 e. The Morgan fingerprint density at radius 1 is 1.27 bits per heavy atom. The van der Waals surface area contributed by atoms with Crippen LogP contribution in [0.2, 0.25) is 0 Å². The molecule has 2 heteroatoms. The van der Waals surface area contributed by atoms with Crippen molar-refractivity contribution in [1.29, 1.82) is 0 Å². The number of methoxy groups -OCH3 is 1. The van der Waals surface area contributed by atoms with Crippen molar-refractivity contribution in [2.75, 3.05) is 21.2 Å². The minimum absolute atomic E-state index is 0.510. The van der Waals surface area contributed by atoms with Crippen LogP contribution in [0.25, 0.3) is 0 Å². The molecule has 0 aromatic carbocycles. The summed E-state index contributed by atoms with van der Waals surface area (Å²) in [7, 11) is 6.13. The van der Waals surface area contributed by atoms with E-state index in [1.54, 1.807) is 0 Å². The first-order chi connectivity index (χ1) is 5.24. The van der Waals surface area contributed by atoms with Crippen molar-refractivity contribution in [1.82, 2.24) is 4.90 Å². The topological polar surface area (TPSA) is 12.5 Å². The number of ether oxygens (including phenoxy) is 1. The van der Waals surface area contributed by atoms with Crippen LogP contribution in [0.3, 0.4) is 0 Å². The molecule has 0 aromatic heterocycles. The summed E-state index contributed by atoms with van der Waals surface area (Å²) in [5, 5.41) is 0. The van der Waals surface area contributed by atoms with Gasteiger partial charge in [-0.1, -0.05) is 0 Å². The molecule has 1 fully saturated rings. The van der Waals surface area contributed by atoms with Crippen LogP contribution in [0.5, 0.6) is 0 Å². The van der Waals surface area contributed by atoms with Gasteiger partial charge in [0, 0.05) is 13.2 Å². The molecule has 0 saturated heterocycles. The molecule has 0 amide bonds. The summed E-state index contributed by atoms with van der Waals surface area (Å²) in [5.41, 5.74) is 0. The molecule has 0 heterocycles. The van der Waals surface area contributed by atoms with E-state index >= 15 is 0 Å². The zero-order chi connectivity index (χ0) is 8.27. The van der Waals surface area contributed by atoms with E-state index in [0.717, 1.165) is 6.04 Å². The second-order valence-electron chi connectivity index (χ2n) is 3.64. The van der Waals surface area contributed by atoms with E-state index in [1.165, 1.54) is 25.7 Å². The fourth-order valence-electron chi connectivity index (χ4n) is 1.80. The van der Waals surface area contributed by atoms with E-state index in [9.17, 15) is 0 Å². The fourth-order valence-corrected chi connectivity index (χ4v) is 1.80.